The summed E-state index contributed by atoms with van der Waals surface area (Å²) in [6, 6.07) is 9.78. The smallest absolute Gasteiger partial charge is 0.238 e. The van der Waals surface area contributed by atoms with Gasteiger partial charge in [0.1, 0.15) is 0 Å². The summed E-state index contributed by atoms with van der Waals surface area (Å²) in [6.45, 7) is 3.70. The third-order valence-electron chi connectivity index (χ3n) is 2.33. The molecule has 0 aromatic heterocycles. The first kappa shape index (κ1) is 13.0. The van der Waals surface area contributed by atoms with Gasteiger partial charge in [0.25, 0.3) is 0 Å². The van der Waals surface area contributed by atoms with E-state index in [1.807, 2.05) is 37.3 Å². The highest BCUT2D eigenvalue weighted by Gasteiger charge is 2.13. The predicted octanol–water partition coefficient (Wildman–Crippen LogP) is 1.87. The number of amides is 1. The summed E-state index contributed by atoms with van der Waals surface area (Å²) in [6.07, 6.45) is 0.821. The average molecular weight is 241 g/mol. The molecule has 0 spiro atoms. The molecular weight excluding hydrogens is 224 g/mol. The summed E-state index contributed by atoms with van der Waals surface area (Å²) in [4.78, 5) is 13.9. The van der Waals surface area contributed by atoms with E-state index >= 15 is 0 Å². The van der Waals surface area contributed by atoms with Crippen LogP contribution in [-0.2, 0) is 11.2 Å². The largest absolute Gasteiger partial charge is 0.352 e. The lowest BCUT2D eigenvalue weighted by atomic mass is 10.1. The monoisotopic (exact) mass is 240 g/mol. The molecule has 0 fully saturated rings. The predicted molar refractivity (Wildman–Crippen MR) is 66.2 cm³/mol. The first-order chi connectivity index (χ1) is 7.63. The van der Waals surface area contributed by atoms with Crippen molar-refractivity contribution in [2.24, 2.45) is 0 Å². The SMILES string of the molecule is CC(NCl)C(=O)N[C@@H](C)Cc1ccccc1. The Kier molecular flexibility index (Phi) is 5.29. The van der Waals surface area contributed by atoms with Crippen molar-refractivity contribution in [2.75, 3.05) is 0 Å². The van der Waals surface area contributed by atoms with Crippen molar-refractivity contribution in [3.63, 3.8) is 0 Å². The van der Waals surface area contributed by atoms with Crippen LogP contribution in [0.25, 0.3) is 0 Å². The van der Waals surface area contributed by atoms with Crippen LogP contribution in [0.15, 0.2) is 30.3 Å². The van der Waals surface area contributed by atoms with Crippen molar-refractivity contribution in [1.29, 1.82) is 0 Å². The molecule has 0 aliphatic heterocycles. The van der Waals surface area contributed by atoms with Gasteiger partial charge in [-0.15, -0.1) is 0 Å². The van der Waals surface area contributed by atoms with Crippen LogP contribution in [-0.4, -0.2) is 18.0 Å². The van der Waals surface area contributed by atoms with Gasteiger partial charge in [-0.2, -0.15) is 0 Å². The fourth-order valence-electron chi connectivity index (χ4n) is 1.44. The maximum absolute atomic E-state index is 11.5. The molecule has 0 bridgehead atoms. The Balaban J connectivity index is 2.42. The number of nitrogens with one attached hydrogen (secondary N) is 2. The standard InChI is InChI=1S/C12H17ClN2O/c1-9(14-12(16)10(2)15-13)8-11-6-4-3-5-7-11/h3-7,9-10,15H,8H2,1-2H3,(H,14,16)/t9-,10?/m0/s1. The molecule has 0 aliphatic rings. The Morgan fingerprint density at radius 3 is 2.50 bits per heavy atom. The molecule has 0 saturated heterocycles. The van der Waals surface area contributed by atoms with E-state index in [1.54, 1.807) is 6.92 Å². The summed E-state index contributed by atoms with van der Waals surface area (Å²) in [5, 5.41) is 2.89. The van der Waals surface area contributed by atoms with Crippen molar-refractivity contribution in [3.8, 4) is 0 Å². The maximum Gasteiger partial charge on any atom is 0.238 e. The third-order valence-corrected chi connectivity index (χ3v) is 2.66. The minimum Gasteiger partial charge on any atom is -0.352 e. The fraction of sp³-hybridized carbons (Fsp3) is 0.417. The van der Waals surface area contributed by atoms with Gasteiger partial charge < -0.3 is 5.32 Å². The van der Waals surface area contributed by atoms with Crippen molar-refractivity contribution in [3.05, 3.63) is 35.9 Å². The minimum atomic E-state index is -0.375. The zero-order valence-electron chi connectivity index (χ0n) is 9.53. The molecule has 2 N–H and O–H groups in total. The minimum absolute atomic E-state index is 0.0848. The van der Waals surface area contributed by atoms with Crippen molar-refractivity contribution in [2.45, 2.75) is 32.4 Å². The first-order valence-electron chi connectivity index (χ1n) is 5.34. The second-order valence-electron chi connectivity index (χ2n) is 3.93. The van der Waals surface area contributed by atoms with Gasteiger partial charge >= 0.3 is 0 Å². The summed E-state index contributed by atoms with van der Waals surface area (Å²) in [7, 11) is 0. The highest BCUT2D eigenvalue weighted by molar-refractivity contribution is 6.15. The van der Waals surface area contributed by atoms with Crippen molar-refractivity contribution in [1.82, 2.24) is 10.2 Å². The molecule has 0 radical (unpaired) electrons. The van der Waals surface area contributed by atoms with Gasteiger partial charge in [0.15, 0.2) is 0 Å². The van der Waals surface area contributed by atoms with Gasteiger partial charge in [-0.05, 0) is 37.6 Å². The van der Waals surface area contributed by atoms with E-state index in [0.717, 1.165) is 6.42 Å². The number of carbonyl (C=O) groups excluding carboxylic acids is 1. The summed E-state index contributed by atoms with van der Waals surface area (Å²) >= 11 is 5.38. The zero-order valence-corrected chi connectivity index (χ0v) is 10.3. The molecule has 2 atom stereocenters. The van der Waals surface area contributed by atoms with Crippen LogP contribution in [0.2, 0.25) is 0 Å². The van der Waals surface area contributed by atoms with Gasteiger partial charge in [0, 0.05) is 6.04 Å². The quantitative estimate of drug-likeness (QED) is 0.772. The molecule has 1 rings (SSSR count). The van der Waals surface area contributed by atoms with Gasteiger partial charge in [-0.3, -0.25) is 4.79 Å². The van der Waals surface area contributed by atoms with Crippen LogP contribution >= 0.6 is 11.8 Å². The molecule has 4 heteroatoms. The molecule has 3 nitrogen and oxygen atoms in total. The second kappa shape index (κ2) is 6.51. The molecule has 0 heterocycles. The van der Waals surface area contributed by atoms with E-state index in [-0.39, 0.29) is 18.0 Å². The zero-order chi connectivity index (χ0) is 12.0. The van der Waals surface area contributed by atoms with Crippen LogP contribution in [0.1, 0.15) is 19.4 Å². The topological polar surface area (TPSA) is 41.1 Å². The van der Waals surface area contributed by atoms with Crippen LogP contribution in [0.3, 0.4) is 0 Å². The number of benzene rings is 1. The average Bonchev–Trinajstić information content (AvgIpc) is 2.29. The van der Waals surface area contributed by atoms with E-state index in [0.29, 0.717) is 0 Å². The number of hydrogen-bond donors (Lipinski definition) is 2. The van der Waals surface area contributed by atoms with E-state index < -0.39 is 0 Å². The van der Waals surface area contributed by atoms with E-state index in [2.05, 4.69) is 10.2 Å². The second-order valence-corrected chi connectivity index (χ2v) is 4.15. The Morgan fingerprint density at radius 1 is 1.31 bits per heavy atom. The van der Waals surface area contributed by atoms with Gasteiger partial charge in [0.05, 0.1) is 6.04 Å². The first-order valence-corrected chi connectivity index (χ1v) is 5.71. The molecule has 1 aromatic carbocycles. The number of carbonyl (C=O) groups is 1. The lowest BCUT2D eigenvalue weighted by molar-refractivity contribution is -0.122. The van der Waals surface area contributed by atoms with E-state index in [9.17, 15) is 4.79 Å². The molecule has 0 aliphatic carbocycles. The lowest BCUT2D eigenvalue weighted by Gasteiger charge is -2.16. The number of hydrogen-bond acceptors (Lipinski definition) is 2. The lowest BCUT2D eigenvalue weighted by Crippen LogP contribution is -2.43. The van der Waals surface area contributed by atoms with Crippen molar-refractivity contribution >= 4 is 17.7 Å². The van der Waals surface area contributed by atoms with Crippen LogP contribution < -0.4 is 10.2 Å². The third kappa shape index (κ3) is 4.21. The Hall–Kier alpha value is -1.06. The fourth-order valence-corrected chi connectivity index (χ4v) is 1.54. The molecule has 16 heavy (non-hydrogen) atoms. The molecule has 1 aromatic rings. The molecule has 88 valence electrons. The van der Waals surface area contributed by atoms with Crippen LogP contribution in [0.5, 0.6) is 0 Å². The number of halogens is 1. The van der Waals surface area contributed by atoms with Gasteiger partial charge in [-0.1, -0.05) is 30.3 Å². The Bertz CT molecular complexity index is 329. The van der Waals surface area contributed by atoms with Crippen LogP contribution in [0.4, 0.5) is 0 Å². The summed E-state index contributed by atoms with van der Waals surface area (Å²) < 4.78 is 0. The van der Waals surface area contributed by atoms with Crippen LogP contribution in [0, 0.1) is 0 Å². The summed E-state index contributed by atoms with van der Waals surface area (Å²) in [5.74, 6) is -0.0848. The van der Waals surface area contributed by atoms with Gasteiger partial charge in [-0.25, -0.2) is 4.84 Å². The molecule has 1 amide bonds. The maximum atomic E-state index is 11.5. The highest BCUT2D eigenvalue weighted by atomic mass is 35.5. The van der Waals surface area contributed by atoms with Crippen molar-refractivity contribution < 1.29 is 4.79 Å². The Labute approximate surface area is 101 Å². The van der Waals surface area contributed by atoms with E-state index in [4.69, 9.17) is 11.8 Å². The molecular formula is C12H17ClN2O. The van der Waals surface area contributed by atoms with E-state index in [1.165, 1.54) is 5.56 Å². The van der Waals surface area contributed by atoms with Gasteiger partial charge in [0.2, 0.25) is 5.91 Å². The normalized spacial score (nSPS) is 14.2. The number of rotatable bonds is 5. The highest BCUT2D eigenvalue weighted by Crippen LogP contribution is 2.02. The Morgan fingerprint density at radius 2 is 1.94 bits per heavy atom. The molecule has 1 unspecified atom stereocenters. The summed E-state index contributed by atoms with van der Waals surface area (Å²) in [5.41, 5.74) is 1.21. The molecule has 0 saturated carbocycles.